The molecule has 0 aromatic carbocycles. The molecule has 0 N–H and O–H groups in total. The van der Waals surface area contributed by atoms with Crippen molar-refractivity contribution in [3.63, 3.8) is 0 Å². The van der Waals surface area contributed by atoms with E-state index in [1.54, 1.807) is 0 Å². The number of hydrogen-bond donors (Lipinski definition) is 0. The van der Waals surface area contributed by atoms with E-state index in [0.717, 1.165) is 23.5 Å². The smallest absolute Gasteiger partial charge is 0.0833 e. The highest BCUT2D eigenvalue weighted by Gasteiger charge is 2.33. The van der Waals surface area contributed by atoms with Crippen LogP contribution in [0.2, 0.25) is 11.6 Å². The van der Waals surface area contributed by atoms with Crippen LogP contribution in [0.25, 0.3) is 0 Å². The predicted octanol–water partition coefficient (Wildman–Crippen LogP) is 6.58. The molecule has 0 saturated heterocycles. The van der Waals surface area contributed by atoms with Gasteiger partial charge in [0, 0.05) is 0 Å². The van der Waals surface area contributed by atoms with E-state index in [4.69, 9.17) is 0 Å². The standard InChI is InChI=1S/C16H32BBr/c1-8-9-10-11-16(18)17(14(6)12(2)3)15(7)13(4)5/h11-15H,8-10H2,1-7H3. The van der Waals surface area contributed by atoms with Gasteiger partial charge in [0.1, 0.15) is 0 Å². The number of hydrogen-bond acceptors (Lipinski definition) is 0. The molecule has 0 amide bonds. The van der Waals surface area contributed by atoms with Crippen molar-refractivity contribution in [1.29, 1.82) is 0 Å². The molecule has 0 aliphatic heterocycles. The Hall–Kier alpha value is 0.285. The zero-order valence-electron chi connectivity index (χ0n) is 13.5. The molecular formula is C16H32BBr. The van der Waals surface area contributed by atoms with Crippen molar-refractivity contribution in [3.8, 4) is 0 Å². The molecule has 106 valence electrons. The van der Waals surface area contributed by atoms with Crippen molar-refractivity contribution in [3.05, 3.63) is 10.5 Å². The van der Waals surface area contributed by atoms with Gasteiger partial charge in [-0.1, -0.05) is 107 Å². The second-order valence-electron chi connectivity index (χ2n) is 6.46. The molecule has 2 heteroatoms. The molecule has 0 aromatic rings. The number of allylic oxidation sites excluding steroid dienone is 1. The highest BCUT2D eigenvalue weighted by Crippen LogP contribution is 2.38. The van der Waals surface area contributed by atoms with Gasteiger partial charge in [0.15, 0.2) is 6.71 Å². The van der Waals surface area contributed by atoms with E-state index in [1.165, 1.54) is 23.6 Å². The maximum atomic E-state index is 3.87. The fourth-order valence-corrected chi connectivity index (χ4v) is 3.45. The average Bonchev–Trinajstić information content (AvgIpc) is 2.29. The Morgan fingerprint density at radius 1 is 1.00 bits per heavy atom. The molecule has 0 nitrogen and oxygen atoms in total. The van der Waals surface area contributed by atoms with Crippen LogP contribution in [0.1, 0.15) is 67.7 Å². The summed E-state index contributed by atoms with van der Waals surface area (Å²) in [5.41, 5.74) is 0. The summed E-state index contributed by atoms with van der Waals surface area (Å²) < 4.78 is 1.44. The summed E-state index contributed by atoms with van der Waals surface area (Å²) in [6, 6.07) is 0. The van der Waals surface area contributed by atoms with Crippen LogP contribution >= 0.6 is 15.9 Å². The van der Waals surface area contributed by atoms with Gasteiger partial charge in [-0.05, 0) is 10.8 Å². The maximum Gasteiger partial charge on any atom is 0.190 e. The van der Waals surface area contributed by atoms with Crippen molar-refractivity contribution in [2.75, 3.05) is 0 Å². The van der Waals surface area contributed by atoms with Gasteiger partial charge in [-0.2, -0.15) is 0 Å². The summed E-state index contributed by atoms with van der Waals surface area (Å²) >= 11 is 3.87. The Balaban J connectivity index is 4.90. The fraction of sp³-hybridized carbons (Fsp3) is 0.875. The van der Waals surface area contributed by atoms with E-state index < -0.39 is 0 Å². The highest BCUT2D eigenvalue weighted by atomic mass is 79.9. The third-order valence-electron chi connectivity index (χ3n) is 4.45. The van der Waals surface area contributed by atoms with Gasteiger partial charge < -0.3 is 0 Å². The zero-order valence-corrected chi connectivity index (χ0v) is 15.0. The topological polar surface area (TPSA) is 0 Å². The van der Waals surface area contributed by atoms with Crippen LogP contribution in [-0.4, -0.2) is 6.71 Å². The van der Waals surface area contributed by atoms with E-state index >= 15 is 0 Å². The van der Waals surface area contributed by atoms with Crippen molar-refractivity contribution in [1.82, 2.24) is 0 Å². The molecule has 0 heterocycles. The first-order chi connectivity index (χ1) is 8.32. The molecule has 2 unspecified atom stereocenters. The first-order valence-electron chi connectivity index (χ1n) is 7.68. The Morgan fingerprint density at radius 3 is 1.78 bits per heavy atom. The molecule has 0 radical (unpaired) electrons. The Labute approximate surface area is 124 Å². The number of rotatable bonds is 8. The molecular weight excluding hydrogens is 283 g/mol. The van der Waals surface area contributed by atoms with Crippen molar-refractivity contribution in [2.24, 2.45) is 11.8 Å². The Morgan fingerprint density at radius 2 is 1.44 bits per heavy atom. The first kappa shape index (κ1) is 18.3. The molecule has 0 bridgehead atoms. The summed E-state index contributed by atoms with van der Waals surface area (Å²) in [5, 5.41) is 0. The molecule has 0 aliphatic rings. The summed E-state index contributed by atoms with van der Waals surface area (Å²) in [6.07, 6.45) is 6.21. The SMILES string of the molecule is CCCCC=C(Br)B(C(C)C(C)C)C(C)C(C)C. The summed E-state index contributed by atoms with van der Waals surface area (Å²) in [4.78, 5) is 0. The van der Waals surface area contributed by atoms with Crippen LogP contribution in [-0.2, 0) is 0 Å². The minimum Gasteiger partial charge on any atom is -0.0833 e. The van der Waals surface area contributed by atoms with E-state index in [9.17, 15) is 0 Å². The van der Waals surface area contributed by atoms with E-state index in [0.29, 0.717) is 6.71 Å². The summed E-state index contributed by atoms with van der Waals surface area (Å²) in [7, 11) is 0. The number of unbranched alkanes of at least 4 members (excludes halogenated alkanes) is 2. The monoisotopic (exact) mass is 314 g/mol. The van der Waals surface area contributed by atoms with Crippen LogP contribution in [0.5, 0.6) is 0 Å². The normalized spacial score (nSPS) is 16.2. The summed E-state index contributed by atoms with van der Waals surface area (Å²) in [5.74, 6) is 2.94. The molecule has 0 spiro atoms. The minimum absolute atomic E-state index is 0.668. The van der Waals surface area contributed by atoms with Gasteiger partial charge in [-0.25, -0.2) is 0 Å². The van der Waals surface area contributed by atoms with Crippen LogP contribution in [0, 0.1) is 11.8 Å². The Kier molecular flexibility index (Phi) is 9.38. The van der Waals surface area contributed by atoms with Crippen LogP contribution in [0.4, 0.5) is 0 Å². The van der Waals surface area contributed by atoms with Gasteiger partial charge in [-0.15, -0.1) is 0 Å². The lowest BCUT2D eigenvalue weighted by Crippen LogP contribution is -2.30. The maximum absolute atomic E-state index is 3.87. The fourth-order valence-electron chi connectivity index (χ4n) is 2.39. The zero-order chi connectivity index (χ0) is 14.3. The molecule has 0 saturated carbocycles. The lowest BCUT2D eigenvalue weighted by molar-refractivity contribution is 0.566. The van der Waals surface area contributed by atoms with Gasteiger partial charge in [-0.3, -0.25) is 0 Å². The Bertz CT molecular complexity index is 231. The van der Waals surface area contributed by atoms with Crippen molar-refractivity contribution < 1.29 is 0 Å². The van der Waals surface area contributed by atoms with Crippen LogP contribution < -0.4 is 0 Å². The molecule has 0 rings (SSSR count). The van der Waals surface area contributed by atoms with E-state index in [1.807, 2.05) is 0 Å². The van der Waals surface area contributed by atoms with Crippen LogP contribution in [0.15, 0.2) is 10.5 Å². The summed E-state index contributed by atoms with van der Waals surface area (Å²) in [6.45, 7) is 17.1. The molecule has 18 heavy (non-hydrogen) atoms. The molecule has 0 aliphatic carbocycles. The van der Waals surface area contributed by atoms with Gasteiger partial charge in [0.05, 0.1) is 0 Å². The predicted molar refractivity (Wildman–Crippen MR) is 90.8 cm³/mol. The minimum atomic E-state index is 0.668. The van der Waals surface area contributed by atoms with Gasteiger partial charge >= 0.3 is 0 Å². The average molecular weight is 315 g/mol. The third-order valence-corrected chi connectivity index (χ3v) is 5.30. The lowest BCUT2D eigenvalue weighted by Gasteiger charge is -2.31. The van der Waals surface area contributed by atoms with Crippen molar-refractivity contribution >= 4 is 22.6 Å². The highest BCUT2D eigenvalue weighted by molar-refractivity contribution is 9.12. The third kappa shape index (κ3) is 5.95. The second kappa shape index (κ2) is 9.23. The molecule has 0 aromatic heterocycles. The lowest BCUT2D eigenvalue weighted by atomic mass is 9.31. The largest absolute Gasteiger partial charge is 0.190 e. The number of halogens is 1. The van der Waals surface area contributed by atoms with E-state index in [2.05, 4.69) is 70.5 Å². The van der Waals surface area contributed by atoms with E-state index in [-0.39, 0.29) is 0 Å². The first-order valence-corrected chi connectivity index (χ1v) is 8.47. The van der Waals surface area contributed by atoms with Crippen LogP contribution in [0.3, 0.4) is 0 Å². The van der Waals surface area contributed by atoms with Crippen molar-refractivity contribution in [2.45, 2.75) is 79.4 Å². The quantitative estimate of drug-likeness (QED) is 0.350. The molecule has 0 fully saturated rings. The van der Waals surface area contributed by atoms with Gasteiger partial charge in [0.2, 0.25) is 0 Å². The molecule has 2 atom stereocenters. The second-order valence-corrected chi connectivity index (χ2v) is 7.38. The van der Waals surface area contributed by atoms with Gasteiger partial charge in [0.25, 0.3) is 0 Å².